The molecule has 0 bridgehead atoms. The van der Waals surface area contributed by atoms with E-state index in [0.717, 1.165) is 17.8 Å². The van der Waals surface area contributed by atoms with Crippen molar-refractivity contribution in [2.24, 2.45) is 63.1 Å². The van der Waals surface area contributed by atoms with Crippen molar-refractivity contribution in [3.8, 4) is 0 Å². The molecule has 0 N–H and O–H groups in total. The molecule has 5 rings (SSSR count). The van der Waals surface area contributed by atoms with Crippen LogP contribution >= 0.6 is 15.9 Å². The fourth-order valence-electron chi connectivity index (χ4n) is 10.9. The first-order valence-corrected chi connectivity index (χ1v) is 14.5. The summed E-state index contributed by atoms with van der Waals surface area (Å²) in [5.74, 6) is 4.79. The van der Waals surface area contributed by atoms with Gasteiger partial charge >= 0.3 is 0 Å². The summed E-state index contributed by atoms with van der Waals surface area (Å²) in [5.41, 5.74) is -0.0627. The molecule has 0 aromatic carbocycles. The minimum Gasteiger partial charge on any atom is -0.299 e. The second kappa shape index (κ2) is 7.17. The smallest absolute Gasteiger partial charge is 0.150 e. The van der Waals surface area contributed by atoms with Gasteiger partial charge in [0.05, 0.1) is 4.83 Å². The van der Waals surface area contributed by atoms with Gasteiger partial charge < -0.3 is 0 Å². The van der Waals surface area contributed by atoms with Gasteiger partial charge in [-0.2, -0.15) is 0 Å². The molecule has 180 valence electrons. The summed E-state index contributed by atoms with van der Waals surface area (Å²) in [5, 5.41) is 0. The standard InChI is InChI=1S/C29H45BrO2/c1-16(2)9-8-10-17(3)18-11-12-19-23-20(13-14-27(18,19)6)28(7)21-15-22(31)26(4,5)29(21,28)25(30)24(23)32/h16-21,23,25H,8-15H2,1-7H3/t17-,18-,19+,20+,21+,23+,25+,27-,28+,29-/m1/s1. The number of ketones is 2. The molecule has 0 aliphatic heterocycles. The fraction of sp³-hybridized carbons (Fsp3) is 0.931. The van der Waals surface area contributed by atoms with E-state index < -0.39 is 0 Å². The monoisotopic (exact) mass is 504 g/mol. The molecule has 0 aromatic rings. The van der Waals surface area contributed by atoms with Gasteiger partial charge in [-0.15, -0.1) is 0 Å². The van der Waals surface area contributed by atoms with Crippen LogP contribution in [0.15, 0.2) is 0 Å². The van der Waals surface area contributed by atoms with E-state index in [1.54, 1.807) is 0 Å². The molecule has 0 aromatic heterocycles. The molecule has 5 aliphatic rings. The van der Waals surface area contributed by atoms with Crippen LogP contribution in [0, 0.1) is 63.1 Å². The molecule has 0 unspecified atom stereocenters. The molecular weight excluding hydrogens is 460 g/mol. The molecule has 5 fully saturated rings. The number of hydrogen-bond acceptors (Lipinski definition) is 2. The molecule has 1 spiro atoms. The third-order valence-corrected chi connectivity index (χ3v) is 13.6. The van der Waals surface area contributed by atoms with Crippen molar-refractivity contribution in [1.29, 1.82) is 0 Å². The van der Waals surface area contributed by atoms with Crippen LogP contribution in [-0.4, -0.2) is 16.4 Å². The minimum atomic E-state index is -0.384. The van der Waals surface area contributed by atoms with Crippen LogP contribution in [0.2, 0.25) is 0 Å². The molecule has 10 atom stereocenters. The molecule has 0 amide bonds. The van der Waals surface area contributed by atoms with Gasteiger partial charge in [0, 0.05) is 23.2 Å². The van der Waals surface area contributed by atoms with Crippen molar-refractivity contribution in [2.75, 3.05) is 0 Å². The van der Waals surface area contributed by atoms with Crippen LogP contribution in [0.3, 0.4) is 0 Å². The molecule has 0 heterocycles. The zero-order chi connectivity index (χ0) is 23.4. The van der Waals surface area contributed by atoms with E-state index in [9.17, 15) is 9.59 Å². The van der Waals surface area contributed by atoms with Gasteiger partial charge in [-0.3, -0.25) is 9.59 Å². The van der Waals surface area contributed by atoms with Gasteiger partial charge in [-0.05, 0) is 72.0 Å². The normalized spacial score (nSPS) is 51.8. The lowest BCUT2D eigenvalue weighted by molar-refractivity contribution is -0.148. The highest BCUT2D eigenvalue weighted by molar-refractivity contribution is 9.10. The maximum Gasteiger partial charge on any atom is 0.150 e. The topological polar surface area (TPSA) is 34.1 Å². The number of hydrogen-bond donors (Lipinski definition) is 0. The lowest BCUT2D eigenvalue weighted by Gasteiger charge is -2.56. The Bertz CT molecular complexity index is 831. The van der Waals surface area contributed by atoms with E-state index in [4.69, 9.17) is 0 Å². The summed E-state index contributed by atoms with van der Waals surface area (Å²) in [4.78, 5) is 26.9. The predicted octanol–water partition coefficient (Wildman–Crippen LogP) is 7.48. The molecule has 32 heavy (non-hydrogen) atoms. The zero-order valence-corrected chi connectivity index (χ0v) is 23.1. The van der Waals surface area contributed by atoms with E-state index in [2.05, 4.69) is 64.4 Å². The lowest BCUT2D eigenvalue weighted by atomic mass is 9.48. The average Bonchev–Trinajstić information content (AvgIpc) is 2.97. The maximum absolute atomic E-state index is 14.1. The summed E-state index contributed by atoms with van der Waals surface area (Å²) in [7, 11) is 0. The maximum atomic E-state index is 14.1. The molecule has 0 radical (unpaired) electrons. The number of carbonyl (C=O) groups is 2. The molecule has 0 saturated heterocycles. The fourth-order valence-corrected chi connectivity index (χ4v) is 12.6. The first kappa shape index (κ1) is 23.6. The number of Topliss-reactive ketones (excluding diaryl/α,β-unsaturated/α-hetero) is 2. The predicted molar refractivity (Wildman–Crippen MR) is 134 cm³/mol. The van der Waals surface area contributed by atoms with Crippen LogP contribution < -0.4 is 0 Å². The van der Waals surface area contributed by atoms with E-state index in [1.165, 1.54) is 44.9 Å². The SMILES string of the molecule is CC(C)CCC[C@@H](C)[C@H]1CC[C@H]2[C@@H]3C(=O)[C@H](Br)[C@]45[C@@H](CC(=O)C4(C)C)[C@]5(C)[C@H]3CC[C@]12C. The van der Waals surface area contributed by atoms with Gasteiger partial charge in [0.25, 0.3) is 0 Å². The Hall–Kier alpha value is -0.180. The van der Waals surface area contributed by atoms with E-state index in [-0.39, 0.29) is 27.0 Å². The Balaban J connectivity index is 1.42. The van der Waals surface area contributed by atoms with Gasteiger partial charge in [-0.25, -0.2) is 0 Å². The summed E-state index contributed by atoms with van der Waals surface area (Å²) >= 11 is 3.96. The van der Waals surface area contributed by atoms with Crippen LogP contribution in [0.4, 0.5) is 0 Å². The molecule has 3 heteroatoms. The quantitative estimate of drug-likeness (QED) is 0.363. The third kappa shape index (κ3) is 2.54. The minimum absolute atomic E-state index is 0.141. The largest absolute Gasteiger partial charge is 0.299 e. The van der Waals surface area contributed by atoms with Crippen molar-refractivity contribution in [1.82, 2.24) is 0 Å². The first-order valence-electron chi connectivity index (χ1n) is 13.6. The zero-order valence-electron chi connectivity index (χ0n) is 21.5. The third-order valence-electron chi connectivity index (χ3n) is 12.4. The number of carbonyl (C=O) groups excluding carboxylic acids is 2. The van der Waals surface area contributed by atoms with Gasteiger partial charge in [0.1, 0.15) is 5.78 Å². The van der Waals surface area contributed by atoms with E-state index in [0.29, 0.717) is 41.2 Å². The lowest BCUT2D eigenvalue weighted by Crippen LogP contribution is -2.58. The van der Waals surface area contributed by atoms with Crippen LogP contribution in [0.1, 0.15) is 99.8 Å². The second-order valence-electron chi connectivity index (χ2n) is 14.0. The molecule has 2 nitrogen and oxygen atoms in total. The van der Waals surface area contributed by atoms with Crippen molar-refractivity contribution in [2.45, 2.75) is 105 Å². The summed E-state index contributed by atoms with van der Waals surface area (Å²) in [6.07, 6.45) is 9.73. The highest BCUT2D eigenvalue weighted by atomic mass is 79.9. The average molecular weight is 506 g/mol. The number of halogens is 1. The molecule has 5 aliphatic carbocycles. The highest BCUT2D eigenvalue weighted by Gasteiger charge is 2.91. The number of fused-ring (bicyclic) bond motifs is 5. The van der Waals surface area contributed by atoms with Crippen LogP contribution in [-0.2, 0) is 9.59 Å². The van der Waals surface area contributed by atoms with Crippen molar-refractivity contribution < 1.29 is 9.59 Å². The second-order valence-corrected chi connectivity index (χ2v) is 14.9. The van der Waals surface area contributed by atoms with Gasteiger partial charge in [0.15, 0.2) is 5.78 Å². The number of rotatable bonds is 5. The van der Waals surface area contributed by atoms with E-state index >= 15 is 0 Å². The Morgan fingerprint density at radius 3 is 2.31 bits per heavy atom. The van der Waals surface area contributed by atoms with Gasteiger partial charge in [-0.1, -0.05) is 83.7 Å². The Morgan fingerprint density at radius 2 is 1.66 bits per heavy atom. The Labute approximate surface area is 204 Å². The van der Waals surface area contributed by atoms with Gasteiger partial charge in [0.2, 0.25) is 0 Å². The van der Waals surface area contributed by atoms with Crippen LogP contribution in [0.5, 0.6) is 0 Å². The summed E-state index contributed by atoms with van der Waals surface area (Å²) < 4.78 is 0. The molecular formula is C29H45BrO2. The Morgan fingerprint density at radius 1 is 0.969 bits per heavy atom. The molecule has 5 saturated carbocycles. The number of alkyl halides is 1. The highest BCUT2D eigenvalue weighted by Crippen LogP contribution is 2.90. The van der Waals surface area contributed by atoms with E-state index in [1.807, 2.05) is 0 Å². The Kier molecular flexibility index (Phi) is 5.28. The van der Waals surface area contributed by atoms with Crippen molar-refractivity contribution in [3.05, 3.63) is 0 Å². The van der Waals surface area contributed by atoms with Crippen LogP contribution in [0.25, 0.3) is 0 Å². The van der Waals surface area contributed by atoms with Crippen molar-refractivity contribution >= 4 is 27.5 Å². The summed E-state index contributed by atoms with van der Waals surface area (Å²) in [6, 6.07) is 0. The van der Waals surface area contributed by atoms with Crippen molar-refractivity contribution in [3.63, 3.8) is 0 Å². The first-order chi connectivity index (χ1) is 14.9. The summed E-state index contributed by atoms with van der Waals surface area (Å²) in [6.45, 7) is 16.5.